The van der Waals surface area contributed by atoms with E-state index in [1.807, 2.05) is 24.4 Å². The second kappa shape index (κ2) is 8.56. The Kier molecular flexibility index (Phi) is 5.29. The molecule has 1 aliphatic rings. The molecule has 8 nitrogen and oxygen atoms in total. The molecule has 33 heavy (non-hydrogen) atoms. The Hall–Kier alpha value is -4.50. The highest BCUT2D eigenvalue weighted by Gasteiger charge is 2.14. The van der Waals surface area contributed by atoms with E-state index in [-0.39, 0.29) is 10.9 Å². The Morgan fingerprint density at radius 2 is 1.79 bits per heavy atom. The van der Waals surface area contributed by atoms with Gasteiger partial charge in [0, 0.05) is 29.6 Å². The number of aromatic nitrogens is 1. The van der Waals surface area contributed by atoms with Crippen LogP contribution in [0.25, 0.3) is 16.5 Å². The lowest BCUT2D eigenvalue weighted by molar-refractivity contribution is -0.384. The van der Waals surface area contributed by atoms with Gasteiger partial charge in [0.25, 0.3) is 5.69 Å². The Bertz CT molecular complexity index is 1430. The maximum atomic E-state index is 10.8. The van der Waals surface area contributed by atoms with Gasteiger partial charge in [-0.25, -0.2) is 9.98 Å². The van der Waals surface area contributed by atoms with Crippen molar-refractivity contribution in [1.29, 1.82) is 0 Å². The van der Waals surface area contributed by atoms with Gasteiger partial charge in [0.15, 0.2) is 11.6 Å². The largest absolute Gasteiger partial charge is 0.742 e. The summed E-state index contributed by atoms with van der Waals surface area (Å²) in [6.07, 6.45) is 1.91. The molecule has 4 aromatic rings. The number of hydrogen-bond acceptors (Lipinski definition) is 7. The highest BCUT2D eigenvalue weighted by molar-refractivity contribution is 7.77. The van der Waals surface area contributed by atoms with E-state index >= 15 is 0 Å². The lowest BCUT2D eigenvalue weighted by Gasteiger charge is -2.21. The van der Waals surface area contributed by atoms with E-state index in [0.29, 0.717) is 17.3 Å². The number of nitrogens with one attached hydrogen (secondary N) is 3. The summed E-state index contributed by atoms with van der Waals surface area (Å²) >= 11 is 5.30. The van der Waals surface area contributed by atoms with Crippen LogP contribution in [0.15, 0.2) is 90.1 Å². The van der Waals surface area contributed by atoms with Crippen molar-refractivity contribution in [2.24, 2.45) is 4.99 Å². The Morgan fingerprint density at radius 3 is 2.58 bits per heavy atom. The van der Waals surface area contributed by atoms with Crippen LogP contribution >= 0.6 is 0 Å². The highest BCUT2D eigenvalue weighted by atomic mass is 32.1. The van der Waals surface area contributed by atoms with Crippen molar-refractivity contribution >= 4 is 63.0 Å². The van der Waals surface area contributed by atoms with Crippen molar-refractivity contribution in [2.75, 3.05) is 16.0 Å². The quantitative estimate of drug-likeness (QED) is 0.121. The van der Waals surface area contributed by atoms with Crippen molar-refractivity contribution in [3.63, 3.8) is 0 Å². The molecule has 0 spiro atoms. The number of aliphatic imine (C=N–C) groups is 1. The molecule has 0 saturated carbocycles. The molecule has 3 aromatic carbocycles. The summed E-state index contributed by atoms with van der Waals surface area (Å²) in [5, 5.41) is 22.9. The van der Waals surface area contributed by atoms with E-state index in [1.54, 1.807) is 18.2 Å². The van der Waals surface area contributed by atoms with E-state index in [2.05, 4.69) is 56.3 Å². The number of anilines is 3. The first-order valence-electron chi connectivity index (χ1n) is 10.1. The molecule has 5 rings (SSSR count). The smallest absolute Gasteiger partial charge is 0.269 e. The first-order valence-corrected chi connectivity index (χ1v) is 10.5. The second-order valence-electron chi connectivity index (χ2n) is 7.30. The van der Waals surface area contributed by atoms with E-state index in [9.17, 15) is 10.1 Å². The zero-order chi connectivity index (χ0) is 22.8. The molecule has 9 heteroatoms. The van der Waals surface area contributed by atoms with E-state index in [0.717, 1.165) is 22.3 Å². The molecule has 0 atom stereocenters. The predicted octanol–water partition coefficient (Wildman–Crippen LogP) is 5.63. The van der Waals surface area contributed by atoms with Crippen LogP contribution in [0.2, 0.25) is 0 Å². The molecule has 2 heterocycles. The number of fused-ring (bicyclic) bond motifs is 2. The first kappa shape index (κ1) is 20.4. The second-order valence-corrected chi connectivity index (χ2v) is 7.69. The zero-order valence-corrected chi connectivity index (χ0v) is 18.0. The van der Waals surface area contributed by atoms with Crippen LogP contribution in [0, 0.1) is 10.1 Å². The number of nitro groups is 1. The molecular weight excluding hydrogens is 436 g/mol. The van der Waals surface area contributed by atoms with Crippen molar-refractivity contribution in [3.8, 4) is 0 Å². The van der Waals surface area contributed by atoms with Crippen molar-refractivity contribution < 1.29 is 4.92 Å². The third-order valence-corrected chi connectivity index (χ3v) is 5.30. The molecule has 3 N–H and O–H groups in total. The van der Waals surface area contributed by atoms with Crippen LogP contribution in [-0.4, -0.2) is 15.1 Å². The van der Waals surface area contributed by atoms with Crippen LogP contribution in [0.3, 0.4) is 0 Å². The fourth-order valence-corrected chi connectivity index (χ4v) is 3.68. The van der Waals surface area contributed by atoms with E-state index in [4.69, 9.17) is 12.6 Å². The molecule has 0 fully saturated rings. The number of nitrogens with zero attached hydrogens (tertiary/aromatic N) is 3. The SMILES string of the molecule is O=[N+]([O-])c1ccc(NC([S-])=Nc2ccc3c(n2)NC(c2ccc4ccccc4c2)=CN3)cc1. The molecule has 1 aliphatic heterocycles. The average molecular weight is 454 g/mol. The van der Waals surface area contributed by atoms with Gasteiger partial charge in [0.2, 0.25) is 0 Å². The van der Waals surface area contributed by atoms with Gasteiger partial charge in [-0.1, -0.05) is 36.4 Å². The van der Waals surface area contributed by atoms with Crippen molar-refractivity contribution in [3.05, 3.63) is 101 Å². The van der Waals surface area contributed by atoms with Crippen LogP contribution in [0.5, 0.6) is 0 Å². The van der Waals surface area contributed by atoms with Crippen molar-refractivity contribution in [2.45, 2.75) is 0 Å². The lowest BCUT2D eigenvalue weighted by Crippen LogP contribution is -2.11. The number of hydrogen-bond donors (Lipinski definition) is 3. The van der Waals surface area contributed by atoms with Gasteiger partial charge < -0.3 is 28.6 Å². The summed E-state index contributed by atoms with van der Waals surface area (Å²) in [4.78, 5) is 19.2. The topological polar surface area (TPSA) is 104 Å². The van der Waals surface area contributed by atoms with E-state index < -0.39 is 4.92 Å². The zero-order valence-electron chi connectivity index (χ0n) is 17.1. The molecule has 0 saturated heterocycles. The molecule has 0 unspecified atom stereocenters. The van der Waals surface area contributed by atoms with Crippen LogP contribution in [0.1, 0.15) is 5.56 Å². The number of benzene rings is 3. The van der Waals surface area contributed by atoms with Gasteiger partial charge in [0.05, 0.1) is 16.3 Å². The molecule has 0 radical (unpaired) electrons. The van der Waals surface area contributed by atoms with Gasteiger partial charge in [-0.2, -0.15) is 0 Å². The molecule has 162 valence electrons. The first-order chi connectivity index (χ1) is 16.0. The summed E-state index contributed by atoms with van der Waals surface area (Å²) in [7, 11) is 0. The summed E-state index contributed by atoms with van der Waals surface area (Å²) in [6.45, 7) is 0. The Morgan fingerprint density at radius 1 is 1.00 bits per heavy atom. The number of nitro benzene ring substituents is 1. The molecule has 0 bridgehead atoms. The minimum atomic E-state index is -0.453. The highest BCUT2D eigenvalue weighted by Crippen LogP contribution is 2.31. The Labute approximate surface area is 194 Å². The molecule has 0 aliphatic carbocycles. The maximum Gasteiger partial charge on any atom is 0.269 e. The summed E-state index contributed by atoms with van der Waals surface area (Å²) in [5.74, 6) is 1.07. The maximum absolute atomic E-state index is 10.8. The molecular formula is C24H17N6O2S-. The van der Waals surface area contributed by atoms with Crippen LogP contribution in [0.4, 0.5) is 28.7 Å². The Balaban J connectivity index is 1.34. The van der Waals surface area contributed by atoms with Gasteiger partial charge in [-0.3, -0.25) is 10.1 Å². The van der Waals surface area contributed by atoms with Crippen LogP contribution in [-0.2, 0) is 12.6 Å². The summed E-state index contributed by atoms with van der Waals surface area (Å²) in [6, 6.07) is 24.1. The van der Waals surface area contributed by atoms with Crippen LogP contribution < -0.4 is 16.0 Å². The van der Waals surface area contributed by atoms with Gasteiger partial charge in [0.1, 0.15) is 0 Å². The number of amidine groups is 1. The summed E-state index contributed by atoms with van der Waals surface area (Å²) in [5.41, 5.74) is 3.37. The fourth-order valence-electron chi connectivity index (χ4n) is 3.47. The predicted molar refractivity (Wildman–Crippen MR) is 135 cm³/mol. The third-order valence-electron chi connectivity index (χ3n) is 5.11. The molecule has 1 aromatic heterocycles. The molecule has 0 amide bonds. The number of pyridine rings is 1. The minimum Gasteiger partial charge on any atom is -0.742 e. The third kappa shape index (κ3) is 4.43. The van der Waals surface area contributed by atoms with Gasteiger partial charge in [-0.05, 0) is 46.3 Å². The normalized spacial score (nSPS) is 12.8. The number of rotatable bonds is 4. The lowest BCUT2D eigenvalue weighted by atomic mass is 10.0. The summed E-state index contributed by atoms with van der Waals surface area (Å²) < 4.78 is 0. The average Bonchev–Trinajstić information content (AvgIpc) is 2.83. The standard InChI is InChI=1S/C24H18N6O2S/c31-30(32)19-9-7-18(8-10-19)26-24(33)29-22-12-11-20-23(28-22)27-21(14-25-20)17-6-5-15-3-1-2-4-16(15)13-17/h1-14,25H,(H3,26,27,28,29,33)/p-1. The minimum absolute atomic E-state index is 0.00797. The van der Waals surface area contributed by atoms with Gasteiger partial charge >= 0.3 is 0 Å². The number of non-ortho nitro benzene ring substituents is 1. The monoisotopic (exact) mass is 453 g/mol. The van der Waals surface area contributed by atoms with Crippen molar-refractivity contribution in [1.82, 2.24) is 4.98 Å². The van der Waals surface area contributed by atoms with Gasteiger partial charge in [-0.15, -0.1) is 0 Å². The fraction of sp³-hybridized carbons (Fsp3) is 0. The van der Waals surface area contributed by atoms with E-state index in [1.165, 1.54) is 17.5 Å².